The van der Waals surface area contributed by atoms with Crippen LogP contribution in [0.15, 0.2) is 70.0 Å². The molecule has 0 aliphatic carbocycles. The zero-order valence-corrected chi connectivity index (χ0v) is 14.2. The number of alkyl halides is 1. The minimum absolute atomic E-state index is 0.171. The van der Waals surface area contributed by atoms with Crippen LogP contribution < -0.4 is 10.4 Å². The summed E-state index contributed by atoms with van der Waals surface area (Å²) in [6.45, 7) is 0. The third kappa shape index (κ3) is 3.05. The molecule has 5 nitrogen and oxygen atoms in total. The summed E-state index contributed by atoms with van der Waals surface area (Å²) in [5, 5.41) is 1.44. The van der Waals surface area contributed by atoms with Crippen molar-refractivity contribution in [2.45, 2.75) is 5.88 Å². The van der Waals surface area contributed by atoms with Gasteiger partial charge in [0.1, 0.15) is 16.9 Å². The second kappa shape index (κ2) is 6.61. The van der Waals surface area contributed by atoms with Gasteiger partial charge in [0.05, 0.1) is 5.52 Å². The molecular formula is C20H12ClNO4. The molecule has 4 aromatic rings. The van der Waals surface area contributed by atoms with E-state index in [2.05, 4.69) is 4.98 Å². The fraction of sp³-hybridized carbons (Fsp3) is 0.0500. The average Bonchev–Trinajstić information content (AvgIpc) is 2.67. The normalized spacial score (nSPS) is 11.0. The van der Waals surface area contributed by atoms with Crippen LogP contribution in [-0.4, -0.2) is 11.0 Å². The molecule has 0 bridgehead atoms. The maximum Gasteiger partial charge on any atom is 0.351 e. The summed E-state index contributed by atoms with van der Waals surface area (Å²) in [4.78, 5) is 28.8. The lowest BCUT2D eigenvalue weighted by atomic mass is 10.1. The van der Waals surface area contributed by atoms with Gasteiger partial charge in [0, 0.05) is 22.8 Å². The van der Waals surface area contributed by atoms with Crippen molar-refractivity contribution in [1.29, 1.82) is 0 Å². The number of benzene rings is 2. The van der Waals surface area contributed by atoms with Crippen LogP contribution in [0.25, 0.3) is 21.9 Å². The number of fused-ring (bicyclic) bond motifs is 2. The second-order valence-electron chi connectivity index (χ2n) is 5.70. The first-order valence-electron chi connectivity index (χ1n) is 7.84. The van der Waals surface area contributed by atoms with Crippen LogP contribution in [0.5, 0.6) is 5.75 Å². The zero-order valence-electron chi connectivity index (χ0n) is 13.4. The number of pyridine rings is 1. The summed E-state index contributed by atoms with van der Waals surface area (Å²) >= 11 is 5.83. The molecule has 128 valence electrons. The maximum absolute atomic E-state index is 12.4. The first kappa shape index (κ1) is 16.3. The van der Waals surface area contributed by atoms with Gasteiger partial charge in [0.25, 0.3) is 0 Å². The monoisotopic (exact) mass is 365 g/mol. The highest BCUT2D eigenvalue weighted by atomic mass is 35.5. The van der Waals surface area contributed by atoms with Gasteiger partial charge in [0.2, 0.25) is 0 Å². The molecule has 0 aliphatic rings. The first-order valence-corrected chi connectivity index (χ1v) is 8.37. The van der Waals surface area contributed by atoms with Crippen LogP contribution in [0.3, 0.4) is 0 Å². The average molecular weight is 366 g/mol. The lowest BCUT2D eigenvalue weighted by molar-refractivity contribution is 0.0731. The topological polar surface area (TPSA) is 69.4 Å². The molecule has 0 N–H and O–H groups in total. The highest BCUT2D eigenvalue weighted by Crippen LogP contribution is 2.21. The molecule has 4 rings (SSSR count). The van der Waals surface area contributed by atoms with E-state index in [0.29, 0.717) is 22.6 Å². The van der Waals surface area contributed by atoms with Crippen LogP contribution in [0.2, 0.25) is 0 Å². The molecule has 0 saturated heterocycles. The van der Waals surface area contributed by atoms with Gasteiger partial charge in [-0.05, 0) is 48.0 Å². The minimum Gasteiger partial charge on any atom is -0.423 e. The summed E-state index contributed by atoms with van der Waals surface area (Å²) < 4.78 is 10.6. The number of hydrogen-bond acceptors (Lipinski definition) is 5. The van der Waals surface area contributed by atoms with E-state index in [-0.39, 0.29) is 5.56 Å². The van der Waals surface area contributed by atoms with Gasteiger partial charge in [0.15, 0.2) is 0 Å². The molecule has 0 saturated carbocycles. The van der Waals surface area contributed by atoms with Crippen molar-refractivity contribution in [2.24, 2.45) is 0 Å². The maximum atomic E-state index is 12.4. The molecule has 0 spiro atoms. The Morgan fingerprint density at radius 3 is 2.81 bits per heavy atom. The van der Waals surface area contributed by atoms with Gasteiger partial charge < -0.3 is 9.15 Å². The summed E-state index contributed by atoms with van der Waals surface area (Å²) in [5.41, 5.74) is 1.11. The molecule has 0 fully saturated rings. The van der Waals surface area contributed by atoms with E-state index < -0.39 is 11.6 Å². The summed E-state index contributed by atoms with van der Waals surface area (Å²) in [5.74, 6) is -0.135. The number of halogens is 1. The number of ether oxygens (including phenoxy) is 1. The lowest BCUT2D eigenvalue weighted by Crippen LogP contribution is -2.18. The Hall–Kier alpha value is -3.18. The van der Waals surface area contributed by atoms with E-state index in [1.54, 1.807) is 48.7 Å². The van der Waals surface area contributed by atoms with Crippen molar-refractivity contribution < 1.29 is 13.9 Å². The van der Waals surface area contributed by atoms with Gasteiger partial charge in [-0.25, -0.2) is 9.59 Å². The predicted molar refractivity (Wildman–Crippen MR) is 98.7 cm³/mol. The summed E-state index contributed by atoms with van der Waals surface area (Å²) in [6.07, 6.45) is 1.68. The van der Waals surface area contributed by atoms with E-state index in [0.717, 1.165) is 16.5 Å². The molecule has 0 amide bonds. The molecule has 6 heteroatoms. The van der Waals surface area contributed by atoms with E-state index in [1.807, 2.05) is 6.07 Å². The molecular weight excluding hydrogens is 354 g/mol. The molecule has 2 aromatic carbocycles. The van der Waals surface area contributed by atoms with Gasteiger partial charge in [-0.15, -0.1) is 11.6 Å². The van der Waals surface area contributed by atoms with Crippen molar-refractivity contribution in [2.75, 3.05) is 0 Å². The molecule has 26 heavy (non-hydrogen) atoms. The quantitative estimate of drug-likeness (QED) is 0.234. The van der Waals surface area contributed by atoms with Crippen LogP contribution in [0, 0.1) is 0 Å². The first-order chi connectivity index (χ1) is 12.6. The number of carbonyl (C=O) groups excluding carboxylic acids is 1. The molecule has 0 unspecified atom stereocenters. The van der Waals surface area contributed by atoms with E-state index in [9.17, 15) is 9.59 Å². The van der Waals surface area contributed by atoms with E-state index in [4.69, 9.17) is 20.8 Å². The molecule has 2 aromatic heterocycles. The van der Waals surface area contributed by atoms with Crippen molar-refractivity contribution in [1.82, 2.24) is 4.98 Å². The minimum atomic E-state index is -0.778. The Bertz CT molecular complexity index is 1200. The SMILES string of the molecule is O=C(Oc1ccc2ncccc2c1)c1cc2cc(CCl)ccc2oc1=O. The third-order valence-electron chi connectivity index (χ3n) is 3.96. The number of hydrogen-bond donors (Lipinski definition) is 0. The van der Waals surface area contributed by atoms with Crippen LogP contribution in [0.4, 0.5) is 0 Å². The Morgan fingerprint density at radius 1 is 1.08 bits per heavy atom. The largest absolute Gasteiger partial charge is 0.423 e. The van der Waals surface area contributed by atoms with Crippen LogP contribution in [0.1, 0.15) is 15.9 Å². The van der Waals surface area contributed by atoms with Crippen molar-refractivity contribution in [3.8, 4) is 5.75 Å². The molecule has 2 heterocycles. The van der Waals surface area contributed by atoms with Crippen molar-refractivity contribution >= 4 is 39.4 Å². The van der Waals surface area contributed by atoms with Gasteiger partial charge in [-0.3, -0.25) is 4.98 Å². The van der Waals surface area contributed by atoms with Crippen molar-refractivity contribution in [3.63, 3.8) is 0 Å². The van der Waals surface area contributed by atoms with Crippen LogP contribution >= 0.6 is 11.6 Å². The van der Waals surface area contributed by atoms with Gasteiger partial charge >= 0.3 is 11.6 Å². The number of nitrogens with zero attached hydrogens (tertiary/aromatic N) is 1. The van der Waals surface area contributed by atoms with Crippen molar-refractivity contribution in [3.05, 3.63) is 82.3 Å². The number of esters is 1. The molecule has 0 radical (unpaired) electrons. The third-order valence-corrected chi connectivity index (χ3v) is 4.26. The Kier molecular flexibility index (Phi) is 4.14. The number of carbonyl (C=O) groups is 1. The van der Waals surface area contributed by atoms with Gasteiger partial charge in [-0.2, -0.15) is 0 Å². The van der Waals surface area contributed by atoms with E-state index >= 15 is 0 Å². The zero-order chi connectivity index (χ0) is 18.1. The highest BCUT2D eigenvalue weighted by molar-refractivity contribution is 6.17. The van der Waals surface area contributed by atoms with Gasteiger partial charge in [-0.1, -0.05) is 12.1 Å². The smallest absolute Gasteiger partial charge is 0.351 e. The summed E-state index contributed by atoms with van der Waals surface area (Å²) in [7, 11) is 0. The molecule has 0 atom stereocenters. The standard InChI is InChI=1S/C20H12ClNO4/c21-11-12-3-6-18-14(8-12)10-16(20(24)26-18)19(23)25-15-4-5-17-13(9-15)2-1-7-22-17/h1-10H,11H2. The second-order valence-corrected chi connectivity index (χ2v) is 5.97. The Balaban J connectivity index is 1.70. The highest BCUT2D eigenvalue weighted by Gasteiger charge is 2.16. The Labute approximate surface area is 152 Å². The summed E-state index contributed by atoms with van der Waals surface area (Å²) in [6, 6.07) is 15.4. The predicted octanol–water partition coefficient (Wildman–Crippen LogP) is 4.30. The van der Waals surface area contributed by atoms with Crippen LogP contribution in [-0.2, 0) is 5.88 Å². The van der Waals surface area contributed by atoms with E-state index in [1.165, 1.54) is 6.07 Å². The fourth-order valence-corrected chi connectivity index (χ4v) is 2.84. The Morgan fingerprint density at radius 2 is 1.96 bits per heavy atom. The number of rotatable bonds is 3. The molecule has 0 aliphatic heterocycles. The number of aromatic nitrogens is 1. The fourth-order valence-electron chi connectivity index (χ4n) is 2.68. The lowest BCUT2D eigenvalue weighted by Gasteiger charge is -2.06.